The maximum atomic E-state index is 12.6. The molecule has 4 N–H and O–H groups in total. The largest absolute Gasteiger partial charge is 0.504 e. The molecule has 0 fully saturated rings. The Morgan fingerprint density at radius 3 is 2.31 bits per heavy atom. The molecule has 0 bridgehead atoms. The molecule has 3 rings (SSSR count). The lowest BCUT2D eigenvalue weighted by Gasteiger charge is -2.08. The highest BCUT2D eigenvalue weighted by atomic mass is 16.3. The van der Waals surface area contributed by atoms with Gasteiger partial charge in [0.1, 0.15) is 0 Å². The predicted molar refractivity (Wildman–Crippen MR) is 93.5 cm³/mol. The van der Waals surface area contributed by atoms with Crippen LogP contribution in [0.15, 0.2) is 48.8 Å². The zero-order valence-electron chi connectivity index (χ0n) is 13.8. The van der Waals surface area contributed by atoms with Crippen LogP contribution in [0.25, 0.3) is 0 Å². The third-order valence-electron chi connectivity index (χ3n) is 4.06. The molecule has 26 heavy (non-hydrogen) atoms. The molecule has 2 aromatic carbocycles. The van der Waals surface area contributed by atoms with Crippen molar-refractivity contribution in [3.05, 3.63) is 65.7 Å². The highest BCUT2D eigenvalue weighted by Gasteiger charge is 2.16. The van der Waals surface area contributed by atoms with E-state index in [1.54, 1.807) is 16.8 Å². The summed E-state index contributed by atoms with van der Waals surface area (Å²) in [7, 11) is 0. The number of hydrogen-bond acceptors (Lipinski definition) is 6. The summed E-state index contributed by atoms with van der Waals surface area (Å²) >= 11 is 0. The van der Waals surface area contributed by atoms with Gasteiger partial charge in [-0.1, -0.05) is 6.07 Å². The van der Waals surface area contributed by atoms with Gasteiger partial charge in [0.05, 0.1) is 0 Å². The third kappa shape index (κ3) is 3.61. The molecule has 134 valence electrons. The molecule has 0 radical (unpaired) electrons. The summed E-state index contributed by atoms with van der Waals surface area (Å²) in [5.41, 5.74) is 1.10. The monoisotopic (exact) mass is 354 g/mol. The number of phenols is 4. The molecule has 1 heterocycles. The van der Waals surface area contributed by atoms with Crippen LogP contribution in [0, 0.1) is 0 Å². The maximum absolute atomic E-state index is 12.6. The predicted octanol–water partition coefficient (Wildman–Crippen LogP) is 2.57. The molecule has 0 aliphatic carbocycles. The molecule has 0 amide bonds. The Morgan fingerprint density at radius 1 is 0.923 bits per heavy atom. The summed E-state index contributed by atoms with van der Waals surface area (Å²) in [6.45, 7) is 0.535. The van der Waals surface area contributed by atoms with E-state index < -0.39 is 0 Å². The van der Waals surface area contributed by atoms with Gasteiger partial charge in [-0.25, -0.2) is 4.98 Å². The lowest BCUT2D eigenvalue weighted by Crippen LogP contribution is -2.12. The summed E-state index contributed by atoms with van der Waals surface area (Å²) in [5, 5.41) is 37.8. The lowest BCUT2D eigenvalue weighted by molar-refractivity contribution is 0.102. The molecule has 1 aromatic heterocycles. The second-order valence-electron chi connectivity index (χ2n) is 5.90. The average molecular weight is 354 g/mol. The minimum absolute atomic E-state index is 0.159. The van der Waals surface area contributed by atoms with E-state index in [0.29, 0.717) is 19.4 Å². The van der Waals surface area contributed by atoms with Gasteiger partial charge in [-0.05, 0) is 48.7 Å². The third-order valence-corrected chi connectivity index (χ3v) is 4.06. The minimum atomic E-state index is -0.360. The van der Waals surface area contributed by atoms with Crippen molar-refractivity contribution in [2.75, 3.05) is 0 Å². The van der Waals surface area contributed by atoms with Gasteiger partial charge in [-0.2, -0.15) is 0 Å². The zero-order chi connectivity index (χ0) is 18.7. The Morgan fingerprint density at radius 2 is 1.62 bits per heavy atom. The fourth-order valence-electron chi connectivity index (χ4n) is 2.67. The Hall–Kier alpha value is -3.48. The summed E-state index contributed by atoms with van der Waals surface area (Å²) in [5.74, 6) is -1.08. The first-order valence-electron chi connectivity index (χ1n) is 8.04. The van der Waals surface area contributed by atoms with E-state index in [4.69, 9.17) is 0 Å². The Bertz CT molecular complexity index is 949. The number of aryl methyl sites for hydroxylation is 2. The highest BCUT2D eigenvalue weighted by molar-refractivity contribution is 6.07. The molecular formula is C19H18N2O5. The van der Waals surface area contributed by atoms with Crippen molar-refractivity contribution in [1.82, 2.24) is 9.55 Å². The fraction of sp³-hybridized carbons (Fsp3) is 0.158. The minimum Gasteiger partial charge on any atom is -0.504 e. The van der Waals surface area contributed by atoms with Crippen LogP contribution in [0.1, 0.15) is 28.2 Å². The molecule has 7 nitrogen and oxygen atoms in total. The number of benzene rings is 2. The average Bonchev–Trinajstić information content (AvgIpc) is 3.08. The van der Waals surface area contributed by atoms with E-state index >= 15 is 0 Å². The number of carbonyl (C=O) groups excluding carboxylic acids is 1. The van der Waals surface area contributed by atoms with Crippen LogP contribution in [0.2, 0.25) is 0 Å². The first-order valence-corrected chi connectivity index (χ1v) is 8.04. The number of aromatic nitrogens is 2. The van der Waals surface area contributed by atoms with E-state index in [1.165, 1.54) is 36.5 Å². The van der Waals surface area contributed by atoms with Gasteiger partial charge in [0.15, 0.2) is 28.8 Å². The normalized spacial score (nSPS) is 10.8. The molecule has 0 unspecified atom stereocenters. The van der Waals surface area contributed by atoms with Gasteiger partial charge in [0.25, 0.3) is 0 Å². The number of rotatable bonds is 6. The number of carbonyl (C=O) groups is 1. The van der Waals surface area contributed by atoms with Crippen molar-refractivity contribution in [3.8, 4) is 23.0 Å². The number of aromatic hydroxyl groups is 4. The van der Waals surface area contributed by atoms with E-state index in [0.717, 1.165) is 5.56 Å². The van der Waals surface area contributed by atoms with Crippen LogP contribution >= 0.6 is 0 Å². The molecular weight excluding hydrogens is 336 g/mol. The van der Waals surface area contributed by atoms with E-state index in [1.807, 2.05) is 0 Å². The molecule has 0 aliphatic heterocycles. The topological polar surface area (TPSA) is 116 Å². The van der Waals surface area contributed by atoms with Gasteiger partial charge >= 0.3 is 0 Å². The van der Waals surface area contributed by atoms with Gasteiger partial charge in [-0.15, -0.1) is 0 Å². The molecule has 0 saturated heterocycles. The van der Waals surface area contributed by atoms with Gasteiger partial charge in [0.2, 0.25) is 5.78 Å². The number of hydrogen-bond donors (Lipinski definition) is 4. The van der Waals surface area contributed by atoms with E-state index in [-0.39, 0.29) is 40.2 Å². The summed E-state index contributed by atoms with van der Waals surface area (Å²) in [6.07, 6.45) is 4.57. The van der Waals surface area contributed by atoms with Crippen molar-refractivity contribution < 1.29 is 25.2 Å². The summed E-state index contributed by atoms with van der Waals surface area (Å²) < 4.78 is 1.71. The van der Waals surface area contributed by atoms with Crippen molar-refractivity contribution >= 4 is 5.78 Å². The van der Waals surface area contributed by atoms with Gasteiger partial charge in [0, 0.05) is 24.5 Å². The Labute approximate surface area is 149 Å². The van der Waals surface area contributed by atoms with Gasteiger partial charge in [-0.3, -0.25) is 4.79 Å². The zero-order valence-corrected chi connectivity index (χ0v) is 13.8. The number of nitrogens with zero attached hydrogens (tertiary/aromatic N) is 2. The standard InChI is InChI=1S/C19H18N2O5/c22-14-5-3-12(10-16(14)24)2-1-8-21-9-7-20-19(21)18(26)13-4-6-15(23)17(25)11-13/h3-7,9-11,22-25H,1-2,8H2. The summed E-state index contributed by atoms with van der Waals surface area (Å²) in [4.78, 5) is 16.7. The van der Waals surface area contributed by atoms with Crippen LogP contribution in [0.4, 0.5) is 0 Å². The van der Waals surface area contributed by atoms with Crippen LogP contribution in [-0.2, 0) is 13.0 Å². The molecule has 3 aromatic rings. The maximum Gasteiger partial charge on any atom is 0.228 e. The highest BCUT2D eigenvalue weighted by Crippen LogP contribution is 2.27. The van der Waals surface area contributed by atoms with Crippen molar-refractivity contribution in [2.24, 2.45) is 0 Å². The molecule has 0 aliphatic rings. The molecule has 7 heteroatoms. The lowest BCUT2D eigenvalue weighted by atomic mass is 10.1. The van der Waals surface area contributed by atoms with Gasteiger partial charge < -0.3 is 25.0 Å². The second kappa shape index (κ2) is 7.18. The fourth-order valence-corrected chi connectivity index (χ4v) is 2.67. The Balaban J connectivity index is 1.69. The summed E-state index contributed by atoms with van der Waals surface area (Å²) in [6, 6.07) is 8.57. The first kappa shape index (κ1) is 17.3. The van der Waals surface area contributed by atoms with Crippen molar-refractivity contribution in [2.45, 2.75) is 19.4 Å². The van der Waals surface area contributed by atoms with Crippen molar-refractivity contribution in [1.29, 1.82) is 0 Å². The number of ketones is 1. The van der Waals surface area contributed by atoms with Crippen LogP contribution < -0.4 is 0 Å². The number of phenolic OH excluding ortho intramolecular Hbond substituents is 4. The number of imidazole rings is 1. The van der Waals surface area contributed by atoms with Crippen LogP contribution in [0.3, 0.4) is 0 Å². The van der Waals surface area contributed by atoms with E-state index in [9.17, 15) is 25.2 Å². The molecule has 0 saturated carbocycles. The second-order valence-corrected chi connectivity index (χ2v) is 5.90. The molecule has 0 spiro atoms. The smallest absolute Gasteiger partial charge is 0.228 e. The first-order chi connectivity index (χ1) is 12.5. The molecule has 0 atom stereocenters. The quantitative estimate of drug-likeness (QED) is 0.399. The van der Waals surface area contributed by atoms with Crippen molar-refractivity contribution in [3.63, 3.8) is 0 Å². The van der Waals surface area contributed by atoms with Crippen LogP contribution in [-0.4, -0.2) is 35.8 Å². The SMILES string of the molecule is O=C(c1ccc(O)c(O)c1)c1nccn1CCCc1ccc(O)c(O)c1. The van der Waals surface area contributed by atoms with Crippen LogP contribution in [0.5, 0.6) is 23.0 Å². The Kier molecular flexibility index (Phi) is 4.79. The van der Waals surface area contributed by atoms with E-state index in [2.05, 4.69) is 4.98 Å².